The van der Waals surface area contributed by atoms with E-state index in [2.05, 4.69) is 66.0 Å². The molecule has 5 heteroatoms. The topological polar surface area (TPSA) is 36.5 Å². The van der Waals surface area contributed by atoms with Gasteiger partial charge in [-0.3, -0.25) is 0 Å². The molecule has 0 aliphatic carbocycles. The minimum absolute atomic E-state index is 0.0266. The summed E-state index contributed by atoms with van der Waals surface area (Å²) in [6.07, 6.45) is 26.9. The molecule has 0 aliphatic heterocycles. The molecular formula is C34H59N2O3+. The van der Waals surface area contributed by atoms with Gasteiger partial charge >= 0.3 is 0 Å². The van der Waals surface area contributed by atoms with E-state index in [0.29, 0.717) is 19.8 Å². The Morgan fingerprint density at radius 2 is 1.31 bits per heavy atom. The molecule has 0 spiro atoms. The van der Waals surface area contributed by atoms with Crippen molar-refractivity contribution in [3.63, 3.8) is 0 Å². The lowest BCUT2D eigenvalue weighted by molar-refractivity contribution is -0.687. The van der Waals surface area contributed by atoms with E-state index < -0.39 is 0 Å². The first-order valence-corrected chi connectivity index (χ1v) is 16.1. The van der Waals surface area contributed by atoms with Crippen LogP contribution in [0.5, 0.6) is 0 Å². The van der Waals surface area contributed by atoms with Crippen LogP contribution in [0.4, 0.5) is 0 Å². The summed E-state index contributed by atoms with van der Waals surface area (Å²) < 4.78 is 22.0. The standard InChI is InChI=1S/C34H59N2O3/c1-4-6-7-8-9-10-11-12-13-14-15-16-17-20-26-38-29-34(37-3)30-39-28-33-22-19-18-21-32(33)27-36-25-24-35(31-36)23-5-2/h18-19,21-22,24-25,31,34H,4-17,20,23,26-30H2,1-3H3/q+1. The van der Waals surface area contributed by atoms with E-state index in [0.717, 1.165) is 32.5 Å². The monoisotopic (exact) mass is 543 g/mol. The summed E-state index contributed by atoms with van der Waals surface area (Å²) in [6.45, 7) is 8.94. The number of ether oxygens (including phenoxy) is 3. The number of hydrogen-bond donors (Lipinski definition) is 0. The zero-order valence-corrected chi connectivity index (χ0v) is 25.6. The molecular weight excluding hydrogens is 484 g/mol. The molecule has 5 nitrogen and oxygen atoms in total. The second-order valence-electron chi connectivity index (χ2n) is 11.1. The fourth-order valence-electron chi connectivity index (χ4n) is 5.07. The van der Waals surface area contributed by atoms with Gasteiger partial charge in [0.15, 0.2) is 0 Å². The summed E-state index contributed by atoms with van der Waals surface area (Å²) in [5.74, 6) is 0. The smallest absolute Gasteiger partial charge is 0.244 e. The molecule has 1 unspecified atom stereocenters. The van der Waals surface area contributed by atoms with Crippen LogP contribution in [0.1, 0.15) is 121 Å². The summed E-state index contributed by atoms with van der Waals surface area (Å²) in [7, 11) is 1.75. The summed E-state index contributed by atoms with van der Waals surface area (Å²) in [5.41, 5.74) is 2.52. The van der Waals surface area contributed by atoms with Crippen LogP contribution < -0.4 is 4.57 Å². The van der Waals surface area contributed by atoms with Gasteiger partial charge in [0.25, 0.3) is 0 Å². The quantitative estimate of drug-likeness (QED) is 0.0885. The van der Waals surface area contributed by atoms with E-state index in [1.165, 1.54) is 94.6 Å². The first-order chi connectivity index (χ1) is 19.3. The van der Waals surface area contributed by atoms with Gasteiger partial charge in [0.1, 0.15) is 25.0 Å². The second-order valence-corrected chi connectivity index (χ2v) is 11.1. The molecule has 0 amide bonds. The highest BCUT2D eigenvalue weighted by Crippen LogP contribution is 2.13. The van der Waals surface area contributed by atoms with Crippen molar-refractivity contribution in [2.24, 2.45) is 0 Å². The average Bonchev–Trinajstić information content (AvgIpc) is 3.39. The van der Waals surface area contributed by atoms with Crippen molar-refractivity contribution in [1.82, 2.24) is 4.57 Å². The van der Waals surface area contributed by atoms with Gasteiger partial charge in [0.05, 0.1) is 26.4 Å². The first kappa shape index (κ1) is 33.5. The van der Waals surface area contributed by atoms with Crippen LogP contribution in [0, 0.1) is 0 Å². The summed E-state index contributed by atoms with van der Waals surface area (Å²) >= 11 is 0. The molecule has 0 radical (unpaired) electrons. The maximum Gasteiger partial charge on any atom is 0.244 e. The molecule has 2 aromatic rings. The van der Waals surface area contributed by atoms with Gasteiger partial charge < -0.3 is 14.2 Å². The van der Waals surface area contributed by atoms with E-state index >= 15 is 0 Å². The van der Waals surface area contributed by atoms with E-state index in [1.807, 2.05) is 0 Å². The van der Waals surface area contributed by atoms with Gasteiger partial charge in [0.2, 0.25) is 6.33 Å². The number of methoxy groups -OCH3 is 1. The van der Waals surface area contributed by atoms with Crippen LogP contribution in [-0.4, -0.2) is 37.6 Å². The van der Waals surface area contributed by atoms with Gasteiger partial charge in [0, 0.05) is 13.7 Å². The van der Waals surface area contributed by atoms with Crippen molar-refractivity contribution >= 4 is 0 Å². The molecule has 0 saturated carbocycles. The van der Waals surface area contributed by atoms with Crippen LogP contribution in [0.3, 0.4) is 0 Å². The fourth-order valence-corrected chi connectivity index (χ4v) is 5.07. The lowest BCUT2D eigenvalue weighted by Gasteiger charge is -2.16. The highest BCUT2D eigenvalue weighted by Gasteiger charge is 2.11. The van der Waals surface area contributed by atoms with E-state index in [1.54, 1.807) is 7.11 Å². The van der Waals surface area contributed by atoms with Crippen LogP contribution in [0.25, 0.3) is 0 Å². The number of hydrogen-bond acceptors (Lipinski definition) is 3. The van der Waals surface area contributed by atoms with Gasteiger partial charge in [-0.05, 0) is 24.0 Å². The molecule has 0 fully saturated rings. The highest BCUT2D eigenvalue weighted by molar-refractivity contribution is 5.25. The Hall–Kier alpha value is -1.69. The van der Waals surface area contributed by atoms with Crippen molar-refractivity contribution in [3.8, 4) is 0 Å². The first-order valence-electron chi connectivity index (χ1n) is 16.1. The Morgan fingerprint density at radius 1 is 0.718 bits per heavy atom. The largest absolute Gasteiger partial charge is 0.379 e. The normalized spacial score (nSPS) is 12.3. The SMILES string of the molecule is CCCCCCCCCCCCCCCCOCC(COCc1ccccc1C[n+]1ccn(CCC)c1)OC. The third-order valence-electron chi connectivity index (χ3n) is 7.54. The predicted molar refractivity (Wildman–Crippen MR) is 162 cm³/mol. The Balaban J connectivity index is 1.47. The van der Waals surface area contributed by atoms with Gasteiger partial charge in [-0.15, -0.1) is 0 Å². The third-order valence-corrected chi connectivity index (χ3v) is 7.54. The van der Waals surface area contributed by atoms with E-state index in [9.17, 15) is 0 Å². The third kappa shape index (κ3) is 16.2. The molecule has 1 aromatic heterocycles. The highest BCUT2D eigenvalue weighted by atomic mass is 16.6. The lowest BCUT2D eigenvalue weighted by Crippen LogP contribution is -2.32. The molecule has 0 saturated heterocycles. The van der Waals surface area contributed by atoms with Crippen LogP contribution in [-0.2, 0) is 33.9 Å². The van der Waals surface area contributed by atoms with Crippen LogP contribution in [0.15, 0.2) is 43.0 Å². The van der Waals surface area contributed by atoms with Crippen LogP contribution >= 0.6 is 0 Å². The van der Waals surface area contributed by atoms with Crippen molar-refractivity contribution in [3.05, 3.63) is 54.1 Å². The number of nitrogens with zero attached hydrogens (tertiary/aromatic N) is 2. The maximum absolute atomic E-state index is 6.05. The molecule has 2 rings (SSSR count). The lowest BCUT2D eigenvalue weighted by atomic mass is 10.0. The number of aromatic nitrogens is 2. The number of aryl methyl sites for hydroxylation is 1. The second kappa shape index (κ2) is 23.1. The average molecular weight is 544 g/mol. The van der Waals surface area contributed by atoms with Crippen molar-refractivity contribution in [1.29, 1.82) is 0 Å². The van der Waals surface area contributed by atoms with E-state index in [-0.39, 0.29) is 6.10 Å². The Morgan fingerprint density at radius 3 is 1.92 bits per heavy atom. The molecule has 1 heterocycles. The molecule has 222 valence electrons. The van der Waals surface area contributed by atoms with E-state index in [4.69, 9.17) is 14.2 Å². The molecule has 39 heavy (non-hydrogen) atoms. The number of rotatable bonds is 26. The maximum atomic E-state index is 6.05. The van der Waals surface area contributed by atoms with Gasteiger partial charge in [-0.1, -0.05) is 122 Å². The zero-order chi connectivity index (χ0) is 27.8. The number of unbranched alkanes of at least 4 members (excludes halogenated alkanes) is 13. The Kier molecular flexibility index (Phi) is 19.8. The van der Waals surface area contributed by atoms with Gasteiger partial charge in [-0.25, -0.2) is 9.13 Å². The van der Waals surface area contributed by atoms with Crippen molar-refractivity contribution < 1.29 is 18.8 Å². The minimum Gasteiger partial charge on any atom is -0.379 e. The Bertz CT molecular complexity index is 822. The predicted octanol–water partition coefficient (Wildman–Crippen LogP) is 8.26. The molecule has 1 aromatic carbocycles. The molecule has 0 N–H and O–H groups in total. The summed E-state index contributed by atoms with van der Waals surface area (Å²) in [4.78, 5) is 0. The molecule has 1 atom stereocenters. The Labute approximate surface area is 240 Å². The molecule has 0 aliphatic rings. The fraction of sp³-hybridized carbons (Fsp3) is 0.735. The van der Waals surface area contributed by atoms with Crippen LogP contribution in [0.2, 0.25) is 0 Å². The summed E-state index contributed by atoms with van der Waals surface area (Å²) in [5, 5.41) is 0. The number of imidazole rings is 1. The van der Waals surface area contributed by atoms with Crippen molar-refractivity contribution in [2.45, 2.75) is 136 Å². The number of benzene rings is 1. The minimum atomic E-state index is -0.0266. The van der Waals surface area contributed by atoms with Gasteiger partial charge in [-0.2, -0.15) is 0 Å². The zero-order valence-electron chi connectivity index (χ0n) is 25.6. The summed E-state index contributed by atoms with van der Waals surface area (Å²) in [6, 6.07) is 8.54. The van der Waals surface area contributed by atoms with Crippen molar-refractivity contribution in [2.75, 3.05) is 26.9 Å². The molecule has 0 bridgehead atoms.